The Labute approximate surface area is 171 Å². The molecule has 3 amide bonds. The third-order valence-corrected chi connectivity index (χ3v) is 3.59. The highest BCUT2D eigenvalue weighted by Crippen LogP contribution is 2.01. The number of carboxylic acids is 2. The van der Waals surface area contributed by atoms with Gasteiger partial charge >= 0.3 is 17.9 Å². The number of hydrogen-bond acceptors (Lipinski definition) is 8. The number of nitrogens with one attached hydrogen (secondary N) is 3. The molecule has 13 nitrogen and oxygen atoms in total. The van der Waals surface area contributed by atoms with E-state index in [-0.39, 0.29) is 6.42 Å². The van der Waals surface area contributed by atoms with Gasteiger partial charge < -0.3 is 30.9 Å². The molecule has 3 atom stereocenters. The largest absolute Gasteiger partial charge is 0.481 e. The van der Waals surface area contributed by atoms with Crippen LogP contribution in [0.4, 0.5) is 0 Å². The average Bonchev–Trinajstić information content (AvgIpc) is 2.61. The van der Waals surface area contributed by atoms with E-state index in [9.17, 15) is 33.6 Å². The first-order chi connectivity index (χ1) is 13.8. The van der Waals surface area contributed by atoms with Crippen molar-refractivity contribution in [3.63, 3.8) is 0 Å². The van der Waals surface area contributed by atoms with E-state index in [1.807, 2.05) is 0 Å². The number of ketones is 1. The quantitative estimate of drug-likeness (QED) is 0.202. The van der Waals surface area contributed by atoms with E-state index in [2.05, 4.69) is 20.7 Å². The van der Waals surface area contributed by atoms with Gasteiger partial charge in [0.15, 0.2) is 12.4 Å². The molecule has 0 aliphatic carbocycles. The number of carbonyl (C=O) groups excluding carboxylic acids is 5. The molecule has 13 heteroatoms. The summed E-state index contributed by atoms with van der Waals surface area (Å²) in [5.41, 5.74) is 0. The fourth-order valence-electron chi connectivity index (χ4n) is 2.15. The smallest absolute Gasteiger partial charge is 0.305 e. The SMILES string of the molecule is CC(=O)NC(CCC(=O)O)C(=O)NC(C)C(=O)NC(CC(=O)O)C(=O)COC(C)=O. The number of aliphatic carboxylic acids is 2. The van der Waals surface area contributed by atoms with Crippen molar-refractivity contribution < 1.29 is 48.5 Å². The minimum atomic E-state index is -1.51. The number of Topliss-reactive ketones (excluding diaryl/α,β-unsaturated/α-hetero) is 1. The summed E-state index contributed by atoms with van der Waals surface area (Å²) in [6, 6.07) is -3.97. The predicted octanol–water partition coefficient (Wildman–Crippen LogP) is -2.05. The van der Waals surface area contributed by atoms with E-state index in [0.29, 0.717) is 0 Å². The highest BCUT2D eigenvalue weighted by atomic mass is 16.5. The van der Waals surface area contributed by atoms with Crippen molar-refractivity contribution in [1.29, 1.82) is 0 Å². The van der Waals surface area contributed by atoms with Gasteiger partial charge in [-0.2, -0.15) is 0 Å². The topological polar surface area (TPSA) is 205 Å². The van der Waals surface area contributed by atoms with Crippen LogP contribution in [-0.4, -0.2) is 76.4 Å². The molecule has 0 aliphatic heterocycles. The number of hydrogen-bond donors (Lipinski definition) is 5. The number of amides is 3. The molecule has 0 aromatic rings. The van der Waals surface area contributed by atoms with E-state index >= 15 is 0 Å². The van der Waals surface area contributed by atoms with Crippen molar-refractivity contribution in [2.24, 2.45) is 0 Å². The van der Waals surface area contributed by atoms with E-state index in [1.165, 1.54) is 6.92 Å². The van der Waals surface area contributed by atoms with Gasteiger partial charge in [-0.1, -0.05) is 0 Å². The molecule has 0 bridgehead atoms. The molecule has 0 rings (SSSR count). The highest BCUT2D eigenvalue weighted by molar-refractivity contribution is 5.96. The van der Waals surface area contributed by atoms with Crippen LogP contribution in [0.25, 0.3) is 0 Å². The molecular formula is C17H25N3O10. The highest BCUT2D eigenvalue weighted by Gasteiger charge is 2.28. The zero-order valence-corrected chi connectivity index (χ0v) is 16.7. The van der Waals surface area contributed by atoms with Crippen molar-refractivity contribution in [3.8, 4) is 0 Å². The van der Waals surface area contributed by atoms with Crippen molar-refractivity contribution in [2.75, 3.05) is 6.61 Å². The zero-order chi connectivity index (χ0) is 23.4. The minimum Gasteiger partial charge on any atom is -0.481 e. The summed E-state index contributed by atoms with van der Waals surface area (Å²) in [5, 5.41) is 24.3. The first-order valence-corrected chi connectivity index (χ1v) is 8.81. The third-order valence-electron chi connectivity index (χ3n) is 3.59. The van der Waals surface area contributed by atoms with Crippen LogP contribution in [0.5, 0.6) is 0 Å². The fourth-order valence-corrected chi connectivity index (χ4v) is 2.15. The molecule has 0 aromatic carbocycles. The van der Waals surface area contributed by atoms with Crippen LogP contribution < -0.4 is 16.0 Å². The summed E-state index contributed by atoms with van der Waals surface area (Å²) in [6.45, 7) is 2.67. The van der Waals surface area contributed by atoms with Crippen LogP contribution in [-0.2, 0) is 38.3 Å². The van der Waals surface area contributed by atoms with E-state index in [1.54, 1.807) is 0 Å². The van der Waals surface area contributed by atoms with Crippen LogP contribution in [0.1, 0.15) is 40.0 Å². The summed E-state index contributed by atoms with van der Waals surface area (Å²) in [4.78, 5) is 80.1. The maximum absolute atomic E-state index is 12.3. The first kappa shape index (κ1) is 26.5. The van der Waals surface area contributed by atoms with Gasteiger partial charge in [-0.25, -0.2) is 0 Å². The number of esters is 1. The van der Waals surface area contributed by atoms with Gasteiger partial charge in [0.25, 0.3) is 0 Å². The van der Waals surface area contributed by atoms with Crippen LogP contribution in [0.3, 0.4) is 0 Å². The Balaban J connectivity index is 5.05. The molecule has 3 unspecified atom stereocenters. The Bertz CT molecular complexity index is 706. The zero-order valence-electron chi connectivity index (χ0n) is 16.7. The van der Waals surface area contributed by atoms with Gasteiger partial charge in [0, 0.05) is 20.3 Å². The van der Waals surface area contributed by atoms with Crippen molar-refractivity contribution in [1.82, 2.24) is 16.0 Å². The average molecular weight is 431 g/mol. The number of carboxylic acid groups (broad SMARTS) is 2. The fraction of sp³-hybridized carbons (Fsp3) is 0.588. The van der Waals surface area contributed by atoms with Crippen molar-refractivity contribution in [3.05, 3.63) is 0 Å². The predicted molar refractivity (Wildman–Crippen MR) is 97.9 cm³/mol. The molecule has 168 valence electrons. The second-order valence-corrected chi connectivity index (χ2v) is 6.32. The lowest BCUT2D eigenvalue weighted by Crippen LogP contribution is -2.55. The Hall–Kier alpha value is -3.51. The Morgan fingerprint density at radius 3 is 1.90 bits per heavy atom. The molecular weight excluding hydrogens is 406 g/mol. The number of carbonyl (C=O) groups is 7. The summed E-state index contributed by atoms with van der Waals surface area (Å²) >= 11 is 0. The van der Waals surface area contributed by atoms with Crippen LogP contribution in [0, 0.1) is 0 Å². The van der Waals surface area contributed by atoms with Gasteiger partial charge in [0.2, 0.25) is 17.7 Å². The molecule has 0 saturated heterocycles. The van der Waals surface area contributed by atoms with Gasteiger partial charge in [-0.05, 0) is 13.3 Å². The van der Waals surface area contributed by atoms with E-state index in [4.69, 9.17) is 10.2 Å². The molecule has 0 aliphatic rings. The second-order valence-electron chi connectivity index (χ2n) is 6.32. The molecule has 0 heterocycles. The standard InChI is InChI=1S/C17H25N3O10/c1-8(18-17(29)11(19-9(2)21)4-5-14(24)25)16(28)20-12(6-15(26)27)13(23)7-30-10(3)22/h8,11-12H,4-7H2,1-3H3,(H,18,29)(H,19,21)(H,20,28)(H,24,25)(H,26,27). The first-order valence-electron chi connectivity index (χ1n) is 8.81. The molecule has 5 N–H and O–H groups in total. The monoisotopic (exact) mass is 431 g/mol. The maximum atomic E-state index is 12.3. The summed E-state index contributed by atoms with van der Waals surface area (Å²) in [7, 11) is 0. The lowest BCUT2D eigenvalue weighted by atomic mass is 10.1. The van der Waals surface area contributed by atoms with Crippen LogP contribution in [0.2, 0.25) is 0 Å². The van der Waals surface area contributed by atoms with E-state index in [0.717, 1.165) is 13.8 Å². The second kappa shape index (κ2) is 12.9. The van der Waals surface area contributed by atoms with Gasteiger partial charge in [-0.3, -0.25) is 33.6 Å². The Morgan fingerprint density at radius 2 is 1.43 bits per heavy atom. The van der Waals surface area contributed by atoms with Crippen molar-refractivity contribution >= 4 is 41.4 Å². The molecule has 0 spiro atoms. The molecule has 0 radical (unpaired) electrons. The molecule has 0 saturated carbocycles. The lowest BCUT2D eigenvalue weighted by molar-refractivity contribution is -0.147. The molecule has 0 fully saturated rings. The lowest BCUT2D eigenvalue weighted by Gasteiger charge is -2.22. The van der Waals surface area contributed by atoms with Gasteiger partial charge in [0.05, 0.1) is 6.42 Å². The van der Waals surface area contributed by atoms with E-state index < -0.39 is 79.0 Å². The molecule has 0 aromatic heterocycles. The van der Waals surface area contributed by atoms with Crippen LogP contribution in [0.15, 0.2) is 0 Å². The molecule has 30 heavy (non-hydrogen) atoms. The number of rotatable bonds is 13. The third kappa shape index (κ3) is 11.4. The summed E-state index contributed by atoms with van der Waals surface area (Å²) in [5.74, 6) is -6.55. The normalized spacial score (nSPS) is 13.2. The minimum absolute atomic E-state index is 0.225. The Morgan fingerprint density at radius 1 is 0.833 bits per heavy atom. The van der Waals surface area contributed by atoms with Gasteiger partial charge in [0.1, 0.15) is 18.1 Å². The Kier molecular flexibility index (Phi) is 11.3. The number of ether oxygens (including phenoxy) is 1. The maximum Gasteiger partial charge on any atom is 0.305 e. The van der Waals surface area contributed by atoms with Gasteiger partial charge in [-0.15, -0.1) is 0 Å². The summed E-state index contributed by atoms with van der Waals surface area (Å²) < 4.78 is 4.50. The summed E-state index contributed by atoms with van der Waals surface area (Å²) in [6.07, 6.45) is -1.42. The van der Waals surface area contributed by atoms with Crippen LogP contribution >= 0.6 is 0 Å². The van der Waals surface area contributed by atoms with Crippen molar-refractivity contribution in [2.45, 2.75) is 58.2 Å².